The molecule has 0 saturated carbocycles. The molecule has 0 aromatic heterocycles. The number of nitrogens with one attached hydrogen (secondary N) is 2. The Balaban J connectivity index is 0.00000264. The smallest absolute Gasteiger partial charge is 0.240 e. The van der Waals surface area contributed by atoms with Crippen LogP contribution in [0.15, 0.2) is 29.2 Å². The van der Waals surface area contributed by atoms with Crippen LogP contribution in [0.25, 0.3) is 0 Å². The minimum absolute atomic E-state index is 0. The number of hydrogen-bond acceptors (Lipinski definition) is 3. The number of benzene rings is 1. The van der Waals surface area contributed by atoms with Crippen molar-refractivity contribution >= 4 is 22.4 Å². The Hall–Kier alpha value is -0.620. The fraction of sp³-hybridized carbons (Fsp3) is 0.647. The molecule has 0 bridgehead atoms. The van der Waals surface area contributed by atoms with E-state index in [1.807, 2.05) is 12.1 Å². The lowest BCUT2D eigenvalue weighted by atomic mass is 9.81. The molecule has 4 nitrogen and oxygen atoms in total. The third-order valence-corrected chi connectivity index (χ3v) is 6.29. The van der Waals surface area contributed by atoms with Gasteiger partial charge < -0.3 is 5.32 Å². The van der Waals surface area contributed by atoms with Crippen molar-refractivity contribution in [1.82, 2.24) is 10.0 Å². The highest BCUT2D eigenvalue weighted by Crippen LogP contribution is 2.27. The van der Waals surface area contributed by atoms with Gasteiger partial charge in [0.2, 0.25) is 10.0 Å². The van der Waals surface area contributed by atoms with Gasteiger partial charge in [-0.3, -0.25) is 0 Å². The second kappa shape index (κ2) is 8.47. The Labute approximate surface area is 146 Å². The maximum Gasteiger partial charge on any atom is 0.240 e. The Morgan fingerprint density at radius 2 is 1.78 bits per heavy atom. The predicted molar refractivity (Wildman–Crippen MR) is 97.8 cm³/mol. The van der Waals surface area contributed by atoms with Gasteiger partial charge in [-0.25, -0.2) is 13.1 Å². The van der Waals surface area contributed by atoms with Crippen molar-refractivity contribution in [2.45, 2.75) is 50.8 Å². The first-order valence-corrected chi connectivity index (χ1v) is 9.65. The molecule has 0 amide bonds. The highest BCUT2D eigenvalue weighted by molar-refractivity contribution is 7.89. The Kier molecular flexibility index (Phi) is 7.52. The maximum absolute atomic E-state index is 12.4. The van der Waals surface area contributed by atoms with E-state index in [1.165, 1.54) is 5.56 Å². The third-order valence-electron chi connectivity index (χ3n) is 4.87. The van der Waals surface area contributed by atoms with Gasteiger partial charge in [0.1, 0.15) is 0 Å². The molecule has 23 heavy (non-hydrogen) atoms. The zero-order valence-electron chi connectivity index (χ0n) is 14.3. The van der Waals surface area contributed by atoms with Crippen molar-refractivity contribution in [3.63, 3.8) is 0 Å². The van der Waals surface area contributed by atoms with Crippen molar-refractivity contribution in [3.05, 3.63) is 29.8 Å². The first-order chi connectivity index (χ1) is 10.4. The summed E-state index contributed by atoms with van der Waals surface area (Å²) in [5.41, 5.74) is 1.24. The summed E-state index contributed by atoms with van der Waals surface area (Å²) in [6.45, 7) is 8.87. The van der Waals surface area contributed by atoms with E-state index in [9.17, 15) is 8.42 Å². The molecule has 1 fully saturated rings. The van der Waals surface area contributed by atoms with Crippen LogP contribution < -0.4 is 10.0 Å². The molecule has 1 heterocycles. The molecule has 1 aliphatic heterocycles. The molecule has 0 radical (unpaired) electrons. The van der Waals surface area contributed by atoms with Crippen LogP contribution in [0.1, 0.15) is 51.5 Å². The lowest BCUT2D eigenvalue weighted by Gasteiger charge is -2.34. The number of sulfonamides is 1. The van der Waals surface area contributed by atoms with Crippen LogP contribution in [0, 0.1) is 5.41 Å². The maximum atomic E-state index is 12.4. The van der Waals surface area contributed by atoms with Crippen LogP contribution in [-0.4, -0.2) is 28.1 Å². The van der Waals surface area contributed by atoms with Gasteiger partial charge in [0.15, 0.2) is 0 Å². The SMILES string of the molecule is CCC(C)c1ccc(S(=O)(=O)NCC2(C)CCNCC2)cc1.Cl. The minimum Gasteiger partial charge on any atom is -0.317 e. The molecule has 1 unspecified atom stereocenters. The quantitative estimate of drug-likeness (QED) is 0.818. The predicted octanol–water partition coefficient (Wildman–Crippen LogP) is 3.29. The zero-order chi connectivity index (χ0) is 16.2. The van der Waals surface area contributed by atoms with E-state index in [-0.39, 0.29) is 17.8 Å². The van der Waals surface area contributed by atoms with E-state index in [1.54, 1.807) is 12.1 Å². The van der Waals surface area contributed by atoms with Crippen molar-refractivity contribution < 1.29 is 8.42 Å². The van der Waals surface area contributed by atoms with Gasteiger partial charge >= 0.3 is 0 Å². The number of hydrogen-bond donors (Lipinski definition) is 2. The highest BCUT2D eigenvalue weighted by Gasteiger charge is 2.28. The van der Waals surface area contributed by atoms with Crippen molar-refractivity contribution in [1.29, 1.82) is 0 Å². The molecule has 6 heteroatoms. The van der Waals surface area contributed by atoms with E-state index >= 15 is 0 Å². The topological polar surface area (TPSA) is 58.2 Å². The molecule has 2 N–H and O–H groups in total. The molecule has 1 aromatic carbocycles. The van der Waals surface area contributed by atoms with E-state index in [0.717, 1.165) is 32.4 Å². The third kappa shape index (κ3) is 5.45. The van der Waals surface area contributed by atoms with Crippen molar-refractivity contribution in [2.75, 3.05) is 19.6 Å². The van der Waals surface area contributed by atoms with Gasteiger partial charge in [0.25, 0.3) is 0 Å². The number of halogens is 1. The summed E-state index contributed by atoms with van der Waals surface area (Å²) >= 11 is 0. The molecule has 1 aromatic rings. The second-order valence-corrected chi connectivity index (χ2v) is 8.53. The lowest BCUT2D eigenvalue weighted by molar-refractivity contribution is 0.232. The van der Waals surface area contributed by atoms with Crippen molar-refractivity contribution in [3.8, 4) is 0 Å². The van der Waals surface area contributed by atoms with Gasteiger partial charge in [-0.1, -0.05) is 32.9 Å². The van der Waals surface area contributed by atoms with Crippen LogP contribution in [0.2, 0.25) is 0 Å². The summed E-state index contributed by atoms with van der Waals surface area (Å²) in [6, 6.07) is 7.28. The zero-order valence-corrected chi connectivity index (χ0v) is 15.9. The van der Waals surface area contributed by atoms with E-state index in [2.05, 4.69) is 30.8 Å². The largest absolute Gasteiger partial charge is 0.317 e. The molecule has 2 rings (SSSR count). The Morgan fingerprint density at radius 1 is 1.22 bits per heavy atom. The van der Waals surface area contributed by atoms with Gasteiger partial charge in [-0.15, -0.1) is 12.4 Å². The standard InChI is InChI=1S/C17H28N2O2S.ClH/c1-4-14(2)15-5-7-16(8-6-15)22(20,21)19-13-17(3)9-11-18-12-10-17;/h5-8,14,18-19H,4,9-13H2,1-3H3;1H. The second-order valence-electron chi connectivity index (χ2n) is 6.76. The fourth-order valence-electron chi connectivity index (χ4n) is 2.77. The summed E-state index contributed by atoms with van der Waals surface area (Å²) in [4.78, 5) is 0.358. The first kappa shape index (κ1) is 20.4. The summed E-state index contributed by atoms with van der Waals surface area (Å²) in [5, 5.41) is 3.31. The van der Waals surface area contributed by atoms with Crippen LogP contribution in [0.3, 0.4) is 0 Å². The lowest BCUT2D eigenvalue weighted by Crippen LogP contribution is -2.42. The summed E-state index contributed by atoms with van der Waals surface area (Å²) in [6.07, 6.45) is 3.06. The fourth-order valence-corrected chi connectivity index (χ4v) is 3.97. The molecule has 132 valence electrons. The van der Waals surface area contributed by atoms with E-state index in [4.69, 9.17) is 0 Å². The summed E-state index contributed by atoms with van der Waals surface area (Å²) in [7, 11) is -3.42. The summed E-state index contributed by atoms with van der Waals surface area (Å²) < 4.78 is 27.7. The van der Waals surface area contributed by atoms with Gasteiger partial charge in [0.05, 0.1) is 4.90 Å². The molecule has 1 aliphatic rings. The van der Waals surface area contributed by atoms with E-state index in [0.29, 0.717) is 17.4 Å². The van der Waals surface area contributed by atoms with E-state index < -0.39 is 10.0 Å². The van der Waals surface area contributed by atoms with Crippen LogP contribution in [-0.2, 0) is 10.0 Å². The normalized spacial score (nSPS) is 18.9. The van der Waals surface area contributed by atoms with Gasteiger partial charge in [-0.2, -0.15) is 0 Å². The Morgan fingerprint density at radius 3 is 2.30 bits per heavy atom. The number of rotatable bonds is 6. The monoisotopic (exact) mass is 360 g/mol. The Bertz CT molecular complexity index is 581. The molecule has 0 spiro atoms. The van der Waals surface area contributed by atoms with Crippen LogP contribution >= 0.6 is 12.4 Å². The van der Waals surface area contributed by atoms with Gasteiger partial charge in [0, 0.05) is 6.54 Å². The van der Waals surface area contributed by atoms with Crippen molar-refractivity contribution in [2.24, 2.45) is 5.41 Å². The molecular weight excluding hydrogens is 332 g/mol. The van der Waals surface area contributed by atoms with Crippen LogP contribution in [0.5, 0.6) is 0 Å². The molecule has 0 aliphatic carbocycles. The number of piperidine rings is 1. The van der Waals surface area contributed by atoms with Gasteiger partial charge in [-0.05, 0) is 61.4 Å². The molecular formula is C17H29ClN2O2S. The highest BCUT2D eigenvalue weighted by atomic mass is 35.5. The summed E-state index contributed by atoms with van der Waals surface area (Å²) in [5.74, 6) is 0.457. The minimum atomic E-state index is -3.42. The molecule has 1 atom stereocenters. The average Bonchev–Trinajstić information content (AvgIpc) is 2.53. The first-order valence-electron chi connectivity index (χ1n) is 8.17. The molecule has 1 saturated heterocycles. The average molecular weight is 361 g/mol. The van der Waals surface area contributed by atoms with Crippen LogP contribution in [0.4, 0.5) is 0 Å².